The minimum Gasteiger partial charge on any atom is -0.464 e. The Bertz CT molecular complexity index is 1300. The zero-order valence-corrected chi connectivity index (χ0v) is 18.9. The number of piperidine rings is 1. The van der Waals surface area contributed by atoms with Crippen molar-refractivity contribution in [3.63, 3.8) is 0 Å². The topological polar surface area (TPSA) is 50.4 Å². The van der Waals surface area contributed by atoms with E-state index in [0.29, 0.717) is 12.6 Å². The molecule has 0 amide bonds. The third kappa shape index (κ3) is 3.82. The maximum Gasteiger partial charge on any atom is 0.253 e. The van der Waals surface area contributed by atoms with Crippen LogP contribution in [-0.4, -0.2) is 23.7 Å². The monoisotopic (exact) mass is 429 g/mol. The molecule has 32 heavy (non-hydrogen) atoms. The van der Waals surface area contributed by atoms with E-state index in [4.69, 9.17) is 4.42 Å². The highest BCUT2D eigenvalue weighted by atomic mass is 16.3. The van der Waals surface area contributed by atoms with E-state index >= 15 is 0 Å². The summed E-state index contributed by atoms with van der Waals surface area (Å²) in [6.07, 6.45) is 4.86. The Balaban J connectivity index is 1.67. The number of anilines is 1. The molecule has 1 N–H and O–H groups in total. The molecule has 5 nitrogen and oxygen atoms in total. The fraction of sp³-hybridized carbons (Fsp3) is 0.370. The summed E-state index contributed by atoms with van der Waals surface area (Å²) in [5, 5.41) is 5.78. The van der Waals surface area contributed by atoms with E-state index in [1.807, 2.05) is 29.7 Å². The number of hydrogen-bond acceptors (Lipinski definition) is 4. The molecule has 0 bridgehead atoms. The normalized spacial score (nSPS) is 14.9. The first-order chi connectivity index (χ1) is 15.7. The van der Waals surface area contributed by atoms with Crippen molar-refractivity contribution >= 4 is 27.6 Å². The molecule has 1 aliphatic heterocycles. The predicted octanol–water partition coefficient (Wildman–Crippen LogP) is 5.09. The molecule has 4 aromatic rings. The van der Waals surface area contributed by atoms with Crippen LogP contribution in [0.1, 0.15) is 37.8 Å². The highest BCUT2D eigenvalue weighted by molar-refractivity contribution is 5.93. The van der Waals surface area contributed by atoms with Crippen molar-refractivity contribution < 1.29 is 4.42 Å². The number of nitrogens with zero attached hydrogens (tertiary/aromatic N) is 2. The Kier molecular flexibility index (Phi) is 5.75. The fourth-order valence-corrected chi connectivity index (χ4v) is 5.04. The first kappa shape index (κ1) is 20.8. The van der Waals surface area contributed by atoms with Crippen LogP contribution in [0.3, 0.4) is 0 Å². The quantitative estimate of drug-likeness (QED) is 0.464. The number of furan rings is 1. The summed E-state index contributed by atoms with van der Waals surface area (Å²) < 4.78 is 7.42. The predicted molar refractivity (Wildman–Crippen MR) is 132 cm³/mol. The number of pyridine rings is 1. The van der Waals surface area contributed by atoms with Gasteiger partial charge in [-0.3, -0.25) is 4.79 Å². The van der Waals surface area contributed by atoms with E-state index in [2.05, 4.69) is 47.5 Å². The molecule has 1 fully saturated rings. The van der Waals surface area contributed by atoms with Crippen LogP contribution >= 0.6 is 0 Å². The molecule has 166 valence electrons. The van der Waals surface area contributed by atoms with Crippen molar-refractivity contribution in [1.29, 1.82) is 0 Å². The van der Waals surface area contributed by atoms with E-state index in [0.717, 1.165) is 61.1 Å². The maximum atomic E-state index is 13.1. The second-order valence-corrected chi connectivity index (χ2v) is 8.72. The van der Waals surface area contributed by atoms with Crippen molar-refractivity contribution in [1.82, 2.24) is 9.88 Å². The number of aryl methyl sites for hydroxylation is 2. The van der Waals surface area contributed by atoms with Gasteiger partial charge in [0.1, 0.15) is 5.58 Å². The highest BCUT2D eigenvalue weighted by Crippen LogP contribution is 2.32. The van der Waals surface area contributed by atoms with Gasteiger partial charge in [-0.05, 0) is 80.7 Å². The van der Waals surface area contributed by atoms with E-state index in [-0.39, 0.29) is 5.56 Å². The van der Waals surface area contributed by atoms with Crippen LogP contribution in [0.2, 0.25) is 0 Å². The van der Waals surface area contributed by atoms with Gasteiger partial charge in [-0.1, -0.05) is 19.1 Å². The van der Waals surface area contributed by atoms with Crippen LogP contribution < -0.4 is 15.8 Å². The maximum absolute atomic E-state index is 13.1. The molecule has 0 atom stereocenters. The van der Waals surface area contributed by atoms with Gasteiger partial charge in [0.2, 0.25) is 0 Å². The summed E-state index contributed by atoms with van der Waals surface area (Å²) in [4.78, 5) is 15.6. The Morgan fingerprint density at radius 3 is 2.62 bits per heavy atom. The van der Waals surface area contributed by atoms with E-state index in [1.54, 1.807) is 6.26 Å². The van der Waals surface area contributed by atoms with Crippen LogP contribution in [0, 0.1) is 0 Å². The number of rotatable bonds is 6. The summed E-state index contributed by atoms with van der Waals surface area (Å²) in [5.74, 6) is 0. The molecule has 2 aromatic carbocycles. The molecule has 3 heterocycles. The van der Waals surface area contributed by atoms with Gasteiger partial charge in [0.25, 0.3) is 5.56 Å². The number of aromatic nitrogens is 1. The number of fused-ring (bicyclic) bond motifs is 2. The molecule has 1 aliphatic rings. The van der Waals surface area contributed by atoms with Gasteiger partial charge in [-0.15, -0.1) is 0 Å². The van der Waals surface area contributed by atoms with Crippen LogP contribution in [-0.2, 0) is 19.5 Å². The molecule has 0 saturated carbocycles. The molecule has 0 spiro atoms. The first-order valence-electron chi connectivity index (χ1n) is 11.8. The lowest BCUT2D eigenvalue weighted by molar-refractivity contribution is 0.428. The van der Waals surface area contributed by atoms with Gasteiger partial charge in [-0.2, -0.15) is 0 Å². The van der Waals surface area contributed by atoms with Gasteiger partial charge < -0.3 is 19.2 Å². The van der Waals surface area contributed by atoms with E-state index in [9.17, 15) is 4.79 Å². The van der Waals surface area contributed by atoms with Crippen LogP contribution in [0.25, 0.3) is 21.9 Å². The zero-order chi connectivity index (χ0) is 22.1. The Hall–Kier alpha value is -3.05. The number of hydrogen-bond donors (Lipinski definition) is 1. The SMILES string of the molecule is CCc1ccc2c(c1)c(N(Cc1ccc3occc3c1)C1CCNCC1)cc(=O)n2CC. The second-order valence-electron chi connectivity index (χ2n) is 8.72. The second kappa shape index (κ2) is 8.83. The molecule has 1 saturated heterocycles. The third-order valence-electron chi connectivity index (χ3n) is 6.81. The summed E-state index contributed by atoms with van der Waals surface area (Å²) in [7, 11) is 0. The van der Waals surface area contributed by atoms with Gasteiger partial charge in [0.15, 0.2) is 0 Å². The lowest BCUT2D eigenvalue weighted by Crippen LogP contribution is -2.43. The van der Waals surface area contributed by atoms with Crippen molar-refractivity contribution in [2.24, 2.45) is 0 Å². The molecule has 5 heteroatoms. The summed E-state index contributed by atoms with van der Waals surface area (Å²) >= 11 is 0. The molecule has 5 rings (SSSR count). The number of benzene rings is 2. The van der Waals surface area contributed by atoms with Gasteiger partial charge >= 0.3 is 0 Å². The van der Waals surface area contributed by atoms with Crippen molar-refractivity contribution in [3.05, 3.63) is 76.3 Å². The van der Waals surface area contributed by atoms with Crippen LogP contribution in [0.15, 0.2) is 64.0 Å². The van der Waals surface area contributed by atoms with E-state index in [1.165, 1.54) is 16.5 Å². The average molecular weight is 430 g/mol. The van der Waals surface area contributed by atoms with E-state index < -0.39 is 0 Å². The van der Waals surface area contributed by atoms with Gasteiger partial charge in [0.05, 0.1) is 17.5 Å². The fourth-order valence-electron chi connectivity index (χ4n) is 5.04. The smallest absolute Gasteiger partial charge is 0.253 e. The standard InChI is InChI=1S/C27H31N3O2/c1-3-19-5-7-24-23(16-19)25(17-27(31)29(24)4-2)30(22-9-12-28-13-10-22)18-20-6-8-26-21(15-20)11-14-32-26/h5-8,11,14-17,22,28H,3-4,9-10,12-13,18H2,1-2H3. The van der Waals surface area contributed by atoms with Crippen LogP contribution in [0.4, 0.5) is 5.69 Å². The van der Waals surface area contributed by atoms with Crippen molar-refractivity contribution in [2.75, 3.05) is 18.0 Å². The molecule has 0 unspecified atom stereocenters. The highest BCUT2D eigenvalue weighted by Gasteiger charge is 2.24. The first-order valence-corrected chi connectivity index (χ1v) is 11.8. The zero-order valence-electron chi connectivity index (χ0n) is 18.9. The average Bonchev–Trinajstić information content (AvgIpc) is 3.30. The number of nitrogens with one attached hydrogen (secondary N) is 1. The largest absolute Gasteiger partial charge is 0.464 e. The lowest BCUT2D eigenvalue weighted by Gasteiger charge is -2.37. The Morgan fingerprint density at radius 1 is 1.03 bits per heavy atom. The third-order valence-corrected chi connectivity index (χ3v) is 6.81. The molecule has 0 radical (unpaired) electrons. The van der Waals surface area contributed by atoms with Crippen molar-refractivity contribution in [3.8, 4) is 0 Å². The van der Waals surface area contributed by atoms with Gasteiger partial charge in [-0.25, -0.2) is 0 Å². The molecular weight excluding hydrogens is 398 g/mol. The summed E-state index contributed by atoms with van der Waals surface area (Å²) in [6.45, 7) is 7.68. The molecule has 2 aromatic heterocycles. The lowest BCUT2D eigenvalue weighted by atomic mass is 10.00. The van der Waals surface area contributed by atoms with Crippen LogP contribution in [0.5, 0.6) is 0 Å². The Morgan fingerprint density at radius 2 is 1.84 bits per heavy atom. The molecular formula is C27H31N3O2. The minimum atomic E-state index is 0.0727. The molecule has 0 aliphatic carbocycles. The Labute approximate surface area is 188 Å². The van der Waals surface area contributed by atoms with Gasteiger partial charge in [0, 0.05) is 36.0 Å². The summed E-state index contributed by atoms with van der Waals surface area (Å²) in [5.41, 5.74) is 5.59. The summed E-state index contributed by atoms with van der Waals surface area (Å²) in [6, 6.07) is 17.2. The van der Waals surface area contributed by atoms with Crippen molar-refractivity contribution in [2.45, 2.75) is 52.2 Å². The minimum absolute atomic E-state index is 0.0727.